The van der Waals surface area contributed by atoms with Crippen molar-refractivity contribution in [2.75, 3.05) is 33.3 Å². The van der Waals surface area contributed by atoms with Crippen LogP contribution in [0.4, 0.5) is 0 Å². The Morgan fingerprint density at radius 3 is 2.27 bits per heavy atom. The van der Waals surface area contributed by atoms with Gasteiger partial charge in [0.15, 0.2) is 8.32 Å². The highest BCUT2D eigenvalue weighted by Gasteiger charge is 2.36. The molecule has 0 radical (unpaired) electrons. The molecule has 0 fully saturated rings. The number of carbonyl (C=O) groups is 3. The molecule has 0 saturated carbocycles. The molecule has 26 heavy (non-hydrogen) atoms. The molecule has 0 aromatic rings. The Morgan fingerprint density at radius 1 is 1.19 bits per heavy atom. The summed E-state index contributed by atoms with van der Waals surface area (Å²) in [6.07, 6.45) is 0.0638. The molecule has 0 aliphatic carbocycles. The minimum Gasteiger partial charge on any atom is -0.480 e. The lowest BCUT2D eigenvalue weighted by molar-refractivity contribution is -0.148. The number of carboxylic acid groups (broad SMARTS) is 1. The van der Waals surface area contributed by atoms with Crippen LogP contribution in [-0.2, 0) is 18.8 Å². The van der Waals surface area contributed by atoms with Crippen molar-refractivity contribution in [3.05, 3.63) is 0 Å². The highest BCUT2D eigenvalue weighted by molar-refractivity contribution is 6.74. The Kier molecular flexibility index (Phi) is 10.0. The monoisotopic (exact) mass is 389 g/mol. The van der Waals surface area contributed by atoms with Crippen LogP contribution in [0.25, 0.3) is 0 Å². The Labute approximate surface area is 157 Å². The second-order valence-corrected chi connectivity index (χ2v) is 12.7. The van der Waals surface area contributed by atoms with Gasteiger partial charge in [-0.2, -0.15) is 0 Å². The number of hydrogen-bond acceptors (Lipinski definition) is 5. The van der Waals surface area contributed by atoms with Crippen molar-refractivity contribution in [3.63, 3.8) is 0 Å². The van der Waals surface area contributed by atoms with E-state index in [0.717, 1.165) is 4.90 Å². The van der Waals surface area contributed by atoms with Crippen LogP contribution in [0, 0.1) is 0 Å². The first kappa shape index (κ1) is 24.5. The van der Waals surface area contributed by atoms with Gasteiger partial charge in [0.25, 0.3) is 0 Å². The van der Waals surface area contributed by atoms with Gasteiger partial charge in [-0.1, -0.05) is 20.8 Å². The minimum absolute atomic E-state index is 0.0638. The Bertz CT molecular complexity index is 491. The molecular formula is C17H35N3O5Si. The van der Waals surface area contributed by atoms with Crippen LogP contribution in [0.2, 0.25) is 18.1 Å². The number of nitrogens with zero attached hydrogens (tertiary/aromatic N) is 1. The molecule has 3 N–H and O–H groups in total. The van der Waals surface area contributed by atoms with E-state index in [9.17, 15) is 14.4 Å². The lowest BCUT2D eigenvalue weighted by Crippen LogP contribution is -2.43. The zero-order chi connectivity index (χ0) is 20.5. The predicted molar refractivity (Wildman–Crippen MR) is 104 cm³/mol. The van der Waals surface area contributed by atoms with E-state index in [2.05, 4.69) is 44.5 Å². The van der Waals surface area contributed by atoms with Crippen LogP contribution >= 0.6 is 0 Å². The zero-order valence-corrected chi connectivity index (χ0v) is 18.1. The summed E-state index contributed by atoms with van der Waals surface area (Å²) >= 11 is 0. The van der Waals surface area contributed by atoms with Crippen LogP contribution in [0.15, 0.2) is 0 Å². The van der Waals surface area contributed by atoms with E-state index in [0.29, 0.717) is 13.2 Å². The average Bonchev–Trinajstić information content (AvgIpc) is 2.51. The fourth-order valence-corrected chi connectivity index (χ4v) is 2.77. The van der Waals surface area contributed by atoms with E-state index in [1.165, 1.54) is 14.0 Å². The Morgan fingerprint density at radius 2 is 1.77 bits per heavy atom. The number of amides is 2. The maximum Gasteiger partial charge on any atom is 0.326 e. The van der Waals surface area contributed by atoms with Gasteiger partial charge in [0.05, 0.1) is 6.54 Å². The molecule has 0 rings (SSSR count). The van der Waals surface area contributed by atoms with E-state index in [1.807, 2.05) is 0 Å². The molecule has 2 amide bonds. The number of carbonyl (C=O) groups excluding carboxylic acids is 2. The number of rotatable bonds is 11. The van der Waals surface area contributed by atoms with Crippen LogP contribution in [0.1, 0.15) is 34.1 Å². The summed E-state index contributed by atoms with van der Waals surface area (Å²) in [5.74, 6) is -1.59. The van der Waals surface area contributed by atoms with E-state index < -0.39 is 20.3 Å². The molecule has 0 saturated heterocycles. The lowest BCUT2D eigenvalue weighted by atomic mass is 10.2. The van der Waals surface area contributed by atoms with Crippen molar-refractivity contribution in [1.29, 1.82) is 0 Å². The van der Waals surface area contributed by atoms with E-state index >= 15 is 0 Å². The zero-order valence-electron chi connectivity index (χ0n) is 17.1. The highest BCUT2D eigenvalue weighted by atomic mass is 28.4. The van der Waals surface area contributed by atoms with Crippen molar-refractivity contribution >= 4 is 26.1 Å². The third-order valence-electron chi connectivity index (χ3n) is 4.83. The van der Waals surface area contributed by atoms with Crippen LogP contribution < -0.4 is 10.6 Å². The minimum atomic E-state index is -1.77. The van der Waals surface area contributed by atoms with E-state index in [4.69, 9.17) is 9.53 Å². The van der Waals surface area contributed by atoms with E-state index in [1.54, 1.807) is 0 Å². The molecular weight excluding hydrogens is 354 g/mol. The third kappa shape index (κ3) is 8.77. The van der Waals surface area contributed by atoms with Crippen LogP contribution in [0.3, 0.4) is 0 Å². The molecule has 0 aliphatic heterocycles. The van der Waals surface area contributed by atoms with Gasteiger partial charge in [-0.15, -0.1) is 0 Å². The Balaban J connectivity index is 3.92. The first-order chi connectivity index (χ1) is 11.8. The van der Waals surface area contributed by atoms with Gasteiger partial charge in [0.2, 0.25) is 11.8 Å². The second-order valence-electron chi connectivity index (χ2n) is 7.90. The quantitative estimate of drug-likeness (QED) is 0.360. The number of hydrogen-bond donors (Lipinski definition) is 3. The maximum atomic E-state index is 11.8. The smallest absolute Gasteiger partial charge is 0.326 e. The summed E-state index contributed by atoms with van der Waals surface area (Å²) in [6.45, 7) is 13.8. The van der Waals surface area contributed by atoms with Gasteiger partial charge >= 0.3 is 5.97 Å². The van der Waals surface area contributed by atoms with Gasteiger partial charge in [-0.3, -0.25) is 9.59 Å². The fraction of sp³-hybridized carbons (Fsp3) is 0.824. The maximum absolute atomic E-state index is 11.8. The van der Waals surface area contributed by atoms with Crippen molar-refractivity contribution in [1.82, 2.24) is 15.5 Å². The Hall–Kier alpha value is -1.45. The van der Waals surface area contributed by atoms with Gasteiger partial charge in [-0.25, -0.2) is 4.79 Å². The topological polar surface area (TPSA) is 108 Å². The number of likely N-dealkylation sites (N-methyl/N-ethyl adjacent to an activating group) is 1. The molecule has 0 aromatic heterocycles. The standard InChI is InChI=1S/C17H35N3O5Si/c1-13(16(23)24)20(5)15(22)8-9-19-14(21)12-18-10-11-25-26(6,7)17(2,3)4/h13,18H,8-12H2,1-7H3,(H,19,21)(H,23,24). The molecule has 1 unspecified atom stereocenters. The summed E-state index contributed by atoms with van der Waals surface area (Å²) in [5.41, 5.74) is 0. The van der Waals surface area contributed by atoms with Crippen LogP contribution in [-0.4, -0.2) is 75.4 Å². The van der Waals surface area contributed by atoms with Crippen molar-refractivity contribution in [3.8, 4) is 0 Å². The third-order valence-corrected chi connectivity index (χ3v) is 9.36. The normalized spacial score (nSPS) is 13.2. The van der Waals surface area contributed by atoms with Gasteiger partial charge in [0, 0.05) is 33.2 Å². The fourth-order valence-electron chi connectivity index (χ4n) is 1.73. The first-order valence-electron chi connectivity index (χ1n) is 8.89. The molecule has 1 atom stereocenters. The molecule has 8 nitrogen and oxygen atoms in total. The second kappa shape index (κ2) is 10.6. The van der Waals surface area contributed by atoms with Gasteiger partial charge < -0.3 is 25.1 Å². The predicted octanol–water partition coefficient (Wildman–Crippen LogP) is 1.04. The van der Waals surface area contributed by atoms with E-state index in [-0.39, 0.29) is 36.4 Å². The largest absolute Gasteiger partial charge is 0.480 e. The summed E-state index contributed by atoms with van der Waals surface area (Å²) in [5, 5.41) is 14.7. The van der Waals surface area contributed by atoms with Crippen LogP contribution in [0.5, 0.6) is 0 Å². The number of aliphatic carboxylic acids is 1. The lowest BCUT2D eigenvalue weighted by Gasteiger charge is -2.36. The highest BCUT2D eigenvalue weighted by Crippen LogP contribution is 2.36. The summed E-state index contributed by atoms with van der Waals surface area (Å²) < 4.78 is 6.00. The molecule has 0 aliphatic rings. The summed E-state index contributed by atoms with van der Waals surface area (Å²) in [7, 11) is -0.331. The first-order valence-corrected chi connectivity index (χ1v) is 11.8. The molecule has 0 bridgehead atoms. The van der Waals surface area contributed by atoms with Gasteiger partial charge in [0.1, 0.15) is 6.04 Å². The van der Waals surface area contributed by atoms with Crippen molar-refractivity contribution in [2.24, 2.45) is 0 Å². The SMILES string of the molecule is CC(C(=O)O)N(C)C(=O)CCNC(=O)CNCCO[Si](C)(C)C(C)(C)C. The summed E-state index contributed by atoms with van der Waals surface area (Å²) in [4.78, 5) is 35.6. The van der Waals surface area contributed by atoms with Gasteiger partial charge in [-0.05, 0) is 25.1 Å². The molecule has 152 valence electrons. The molecule has 0 heterocycles. The number of carboxylic acids is 1. The summed E-state index contributed by atoms with van der Waals surface area (Å²) in [6, 6.07) is -0.888. The van der Waals surface area contributed by atoms with Crippen molar-refractivity contribution < 1.29 is 23.9 Å². The number of nitrogens with one attached hydrogen (secondary N) is 2. The van der Waals surface area contributed by atoms with Crippen molar-refractivity contribution in [2.45, 2.75) is 58.3 Å². The molecule has 0 spiro atoms. The molecule has 9 heteroatoms. The molecule has 0 aromatic carbocycles. The average molecular weight is 390 g/mol.